The summed E-state index contributed by atoms with van der Waals surface area (Å²) in [6.07, 6.45) is -4.95. The van der Waals surface area contributed by atoms with E-state index >= 15 is 0 Å². The molecule has 0 unspecified atom stereocenters. The van der Waals surface area contributed by atoms with Gasteiger partial charge in [0.1, 0.15) is 0 Å². The molecule has 1 saturated heterocycles. The lowest BCUT2D eigenvalue weighted by molar-refractivity contribution is -0.132. The van der Waals surface area contributed by atoms with Crippen molar-refractivity contribution in [2.24, 2.45) is 10.9 Å². The lowest BCUT2D eigenvalue weighted by atomic mass is 10.1. The Kier molecular flexibility index (Phi) is 4.31. The smallest absolute Gasteiger partial charge is 0.361 e. The Hall–Kier alpha value is -0.390. The molecule has 2 nitrogen and oxygen atoms in total. The van der Waals surface area contributed by atoms with Gasteiger partial charge >= 0.3 is 6.18 Å². The Morgan fingerprint density at radius 3 is 2.67 bits per heavy atom. The monoisotopic (exact) mass is 240 g/mol. The van der Waals surface area contributed by atoms with Gasteiger partial charge in [0.2, 0.25) is 0 Å². The summed E-state index contributed by atoms with van der Waals surface area (Å²) in [5.41, 5.74) is 0. The topological polar surface area (TPSA) is 24.4 Å². The highest BCUT2D eigenvalue weighted by atomic mass is 32.2. The maximum Gasteiger partial charge on any atom is 0.390 e. The first kappa shape index (κ1) is 12.7. The molecule has 1 aliphatic rings. The molecule has 1 atom stereocenters. The van der Waals surface area contributed by atoms with Gasteiger partial charge in [0.05, 0.1) is 13.0 Å². The summed E-state index contributed by atoms with van der Waals surface area (Å²) in [6, 6.07) is 0.333. The minimum absolute atomic E-state index is 0.177. The van der Waals surface area contributed by atoms with Gasteiger partial charge in [0.15, 0.2) is 5.17 Å². The molecule has 0 aromatic heterocycles. The standard InChI is InChI=1S/C9H15F3N2S/c1-6(2)7-5-15-8(14-7)13-4-3-9(10,11)12/h6-7H,3-5H2,1-2H3,(H,13,14)/t7-/m1/s1. The van der Waals surface area contributed by atoms with E-state index in [1.54, 1.807) is 0 Å². The molecule has 0 saturated carbocycles. The van der Waals surface area contributed by atoms with Crippen LogP contribution in [0, 0.1) is 5.92 Å². The van der Waals surface area contributed by atoms with Gasteiger partial charge < -0.3 is 5.32 Å². The average molecular weight is 240 g/mol. The first-order chi connectivity index (χ1) is 6.88. The van der Waals surface area contributed by atoms with Crippen LogP contribution in [0.25, 0.3) is 0 Å². The molecular formula is C9H15F3N2S. The number of hydrogen-bond acceptors (Lipinski definition) is 2. The zero-order valence-corrected chi connectivity index (χ0v) is 9.58. The maximum absolute atomic E-state index is 11.8. The van der Waals surface area contributed by atoms with E-state index in [0.29, 0.717) is 17.1 Å². The van der Waals surface area contributed by atoms with Crippen LogP contribution >= 0.6 is 11.8 Å². The van der Waals surface area contributed by atoms with E-state index in [1.165, 1.54) is 11.8 Å². The Labute approximate surface area is 91.7 Å². The van der Waals surface area contributed by atoms with Gasteiger partial charge in [-0.15, -0.1) is 0 Å². The molecule has 0 aliphatic carbocycles. The molecule has 1 rings (SSSR count). The number of nitrogens with one attached hydrogen (secondary N) is 1. The number of thioether (sulfide) groups is 1. The maximum atomic E-state index is 11.8. The van der Waals surface area contributed by atoms with Crippen molar-refractivity contribution in [1.82, 2.24) is 5.32 Å². The van der Waals surface area contributed by atoms with Gasteiger partial charge in [-0.05, 0) is 5.92 Å². The third-order valence-electron chi connectivity index (χ3n) is 2.16. The second-order valence-electron chi connectivity index (χ2n) is 3.86. The molecule has 0 spiro atoms. The van der Waals surface area contributed by atoms with Crippen molar-refractivity contribution >= 4 is 16.9 Å². The van der Waals surface area contributed by atoms with Crippen LogP contribution in [-0.4, -0.2) is 29.7 Å². The molecule has 0 radical (unpaired) electrons. The minimum Gasteiger partial charge on any atom is -0.361 e. The van der Waals surface area contributed by atoms with E-state index in [0.717, 1.165) is 5.75 Å². The molecule has 88 valence electrons. The predicted octanol–water partition coefficient (Wildman–Crippen LogP) is 2.66. The van der Waals surface area contributed by atoms with Crippen LogP contribution in [0.3, 0.4) is 0 Å². The zero-order chi connectivity index (χ0) is 11.5. The number of nitrogens with zero attached hydrogens (tertiary/aromatic N) is 1. The van der Waals surface area contributed by atoms with Crippen LogP contribution in [-0.2, 0) is 0 Å². The Bertz CT molecular complexity index is 238. The molecule has 1 aliphatic heterocycles. The largest absolute Gasteiger partial charge is 0.390 e. The fourth-order valence-electron chi connectivity index (χ4n) is 1.15. The van der Waals surface area contributed by atoms with E-state index in [-0.39, 0.29) is 6.54 Å². The van der Waals surface area contributed by atoms with Crippen LogP contribution in [0.5, 0.6) is 0 Å². The summed E-state index contributed by atoms with van der Waals surface area (Å²) in [6.45, 7) is 3.98. The van der Waals surface area contributed by atoms with E-state index in [1.807, 2.05) is 0 Å². The predicted molar refractivity (Wildman–Crippen MR) is 57.2 cm³/mol. The van der Waals surface area contributed by atoms with E-state index in [2.05, 4.69) is 24.2 Å². The second-order valence-corrected chi connectivity index (χ2v) is 4.87. The fraction of sp³-hybridized carbons (Fsp3) is 0.889. The lowest BCUT2D eigenvalue weighted by Gasteiger charge is -2.13. The van der Waals surface area contributed by atoms with Crippen molar-refractivity contribution < 1.29 is 13.2 Å². The highest BCUT2D eigenvalue weighted by Gasteiger charge is 2.27. The van der Waals surface area contributed by atoms with Crippen molar-refractivity contribution in [2.45, 2.75) is 32.5 Å². The Morgan fingerprint density at radius 1 is 1.53 bits per heavy atom. The van der Waals surface area contributed by atoms with Gasteiger partial charge in [0, 0.05) is 11.8 Å². The van der Waals surface area contributed by atoms with Crippen molar-refractivity contribution in [3.63, 3.8) is 0 Å². The van der Waals surface area contributed by atoms with Crippen LogP contribution in [0.15, 0.2) is 4.99 Å². The molecule has 0 bridgehead atoms. The Balaban J connectivity index is 2.31. The molecule has 6 heteroatoms. The van der Waals surface area contributed by atoms with Crippen molar-refractivity contribution in [3.05, 3.63) is 0 Å². The van der Waals surface area contributed by atoms with E-state index in [9.17, 15) is 13.2 Å². The van der Waals surface area contributed by atoms with Crippen molar-refractivity contribution in [3.8, 4) is 0 Å². The van der Waals surface area contributed by atoms with Crippen molar-refractivity contribution in [2.75, 3.05) is 12.3 Å². The summed E-state index contributed by atoms with van der Waals surface area (Å²) in [7, 11) is 0. The van der Waals surface area contributed by atoms with E-state index < -0.39 is 12.6 Å². The molecule has 1 N–H and O–H groups in total. The van der Waals surface area contributed by atoms with Gasteiger partial charge in [-0.25, -0.2) is 0 Å². The van der Waals surface area contributed by atoms with Crippen LogP contribution in [0.2, 0.25) is 0 Å². The first-order valence-corrected chi connectivity index (χ1v) is 5.87. The highest BCUT2D eigenvalue weighted by Crippen LogP contribution is 2.21. The highest BCUT2D eigenvalue weighted by molar-refractivity contribution is 8.14. The normalized spacial score (nSPS) is 24.9. The minimum atomic E-state index is -4.11. The quantitative estimate of drug-likeness (QED) is 0.820. The molecule has 0 aromatic carbocycles. The number of rotatable bonds is 3. The summed E-state index contributed by atoms with van der Waals surface area (Å²) >= 11 is 1.50. The van der Waals surface area contributed by atoms with Crippen LogP contribution in [0.1, 0.15) is 20.3 Å². The van der Waals surface area contributed by atoms with E-state index in [4.69, 9.17) is 0 Å². The number of alkyl halides is 3. The third-order valence-corrected chi connectivity index (χ3v) is 3.21. The SMILES string of the molecule is CC(C)[C@H]1CSC(=NCCC(F)(F)F)N1. The fourth-order valence-corrected chi connectivity index (χ4v) is 2.37. The number of aliphatic imine (C=N–C) groups is 1. The third kappa shape index (κ3) is 4.77. The summed E-state index contributed by atoms with van der Waals surface area (Å²) in [5.74, 6) is 1.37. The van der Waals surface area contributed by atoms with Crippen molar-refractivity contribution in [1.29, 1.82) is 0 Å². The molecule has 0 aromatic rings. The number of halogens is 3. The van der Waals surface area contributed by atoms with Gasteiger partial charge in [0.25, 0.3) is 0 Å². The zero-order valence-electron chi connectivity index (χ0n) is 8.77. The van der Waals surface area contributed by atoms with Crippen LogP contribution in [0.4, 0.5) is 13.2 Å². The van der Waals surface area contributed by atoms with Gasteiger partial charge in [-0.2, -0.15) is 13.2 Å². The summed E-state index contributed by atoms with van der Waals surface area (Å²) in [5, 5.41) is 3.77. The van der Waals surface area contributed by atoms with Gasteiger partial charge in [-0.3, -0.25) is 4.99 Å². The van der Waals surface area contributed by atoms with Gasteiger partial charge in [-0.1, -0.05) is 25.6 Å². The molecular weight excluding hydrogens is 225 g/mol. The number of amidine groups is 1. The molecule has 0 amide bonds. The molecule has 1 fully saturated rings. The number of hydrogen-bond donors (Lipinski definition) is 1. The van der Waals surface area contributed by atoms with Crippen LogP contribution < -0.4 is 5.32 Å². The Morgan fingerprint density at radius 2 is 2.20 bits per heavy atom. The summed E-state index contributed by atoms with van der Waals surface area (Å²) in [4.78, 5) is 3.89. The molecule has 1 heterocycles. The lowest BCUT2D eigenvalue weighted by Crippen LogP contribution is -2.31. The average Bonchev–Trinajstić information content (AvgIpc) is 2.50. The first-order valence-electron chi connectivity index (χ1n) is 4.89. The summed E-state index contributed by atoms with van der Waals surface area (Å²) < 4.78 is 35.5. The second kappa shape index (κ2) is 5.09. The molecule has 15 heavy (non-hydrogen) atoms.